The highest BCUT2D eigenvalue weighted by atomic mass is 79.9. The van der Waals surface area contributed by atoms with Gasteiger partial charge in [0.15, 0.2) is 4.96 Å². The summed E-state index contributed by atoms with van der Waals surface area (Å²) in [4.78, 5) is 6.98. The van der Waals surface area contributed by atoms with E-state index >= 15 is 0 Å². The summed E-state index contributed by atoms with van der Waals surface area (Å²) < 4.78 is 3.28. The summed E-state index contributed by atoms with van der Waals surface area (Å²) in [7, 11) is 0. The number of benzene rings is 1. The van der Waals surface area contributed by atoms with Crippen LogP contribution in [0, 0.1) is 0 Å². The predicted molar refractivity (Wildman–Crippen MR) is 88.7 cm³/mol. The Morgan fingerprint density at radius 1 is 1.40 bits per heavy atom. The Bertz CT molecular complexity index is 720. The molecule has 0 radical (unpaired) electrons. The van der Waals surface area contributed by atoms with E-state index in [4.69, 9.17) is 4.98 Å². The van der Waals surface area contributed by atoms with E-state index in [0.717, 1.165) is 27.5 Å². The molecule has 3 rings (SSSR count). The van der Waals surface area contributed by atoms with Crippen LogP contribution in [0.4, 0.5) is 0 Å². The van der Waals surface area contributed by atoms with Crippen LogP contribution in [0.5, 0.6) is 0 Å². The Morgan fingerprint density at radius 3 is 3.05 bits per heavy atom. The predicted octanol–water partition coefficient (Wildman–Crippen LogP) is 4.42. The van der Waals surface area contributed by atoms with Crippen molar-refractivity contribution in [3.05, 3.63) is 46.0 Å². The number of rotatable bonds is 5. The molecule has 20 heavy (non-hydrogen) atoms. The van der Waals surface area contributed by atoms with E-state index in [0.29, 0.717) is 0 Å². The zero-order chi connectivity index (χ0) is 13.9. The molecule has 3 nitrogen and oxygen atoms in total. The van der Waals surface area contributed by atoms with Crippen molar-refractivity contribution in [2.24, 2.45) is 0 Å². The van der Waals surface area contributed by atoms with Gasteiger partial charge in [0.25, 0.3) is 0 Å². The molecule has 1 aromatic carbocycles. The fraction of sp³-hybridized carbons (Fsp3) is 0.214. The van der Waals surface area contributed by atoms with E-state index in [9.17, 15) is 0 Å². The number of thiazole rings is 1. The molecular formula is C14H14BrN3S2. The van der Waals surface area contributed by atoms with Crippen molar-refractivity contribution in [1.82, 2.24) is 14.7 Å². The zero-order valence-corrected chi connectivity index (χ0v) is 14.2. The van der Waals surface area contributed by atoms with Gasteiger partial charge in [-0.25, -0.2) is 4.98 Å². The highest BCUT2D eigenvalue weighted by molar-refractivity contribution is 9.10. The van der Waals surface area contributed by atoms with Gasteiger partial charge in [0.1, 0.15) is 5.03 Å². The Morgan fingerprint density at radius 2 is 2.25 bits per heavy atom. The molecule has 0 aliphatic carbocycles. The van der Waals surface area contributed by atoms with Gasteiger partial charge < -0.3 is 5.32 Å². The van der Waals surface area contributed by atoms with Crippen molar-refractivity contribution in [1.29, 1.82) is 0 Å². The normalized spacial score (nSPS) is 11.3. The van der Waals surface area contributed by atoms with Crippen molar-refractivity contribution in [2.75, 3.05) is 6.54 Å². The van der Waals surface area contributed by atoms with Crippen molar-refractivity contribution in [2.45, 2.75) is 23.4 Å². The van der Waals surface area contributed by atoms with Crippen LogP contribution in [0.25, 0.3) is 4.96 Å². The molecule has 2 aromatic heterocycles. The smallest absolute Gasteiger partial charge is 0.194 e. The Hall–Kier alpha value is -0.820. The lowest BCUT2D eigenvalue weighted by Gasteiger charge is -2.06. The van der Waals surface area contributed by atoms with E-state index in [2.05, 4.69) is 62.3 Å². The molecule has 1 N–H and O–H groups in total. The van der Waals surface area contributed by atoms with E-state index in [1.165, 1.54) is 10.6 Å². The third-order valence-electron chi connectivity index (χ3n) is 2.91. The second-order valence-corrected chi connectivity index (χ2v) is 6.99. The molecule has 6 heteroatoms. The lowest BCUT2D eigenvalue weighted by molar-refractivity contribution is 0.694. The van der Waals surface area contributed by atoms with E-state index in [-0.39, 0.29) is 0 Å². The van der Waals surface area contributed by atoms with Gasteiger partial charge in [-0.15, -0.1) is 11.3 Å². The molecule has 0 spiro atoms. The molecule has 104 valence electrons. The number of hydrogen-bond donors (Lipinski definition) is 1. The van der Waals surface area contributed by atoms with Crippen molar-refractivity contribution in [3.8, 4) is 0 Å². The molecule has 0 fully saturated rings. The molecule has 0 atom stereocenters. The highest BCUT2D eigenvalue weighted by Gasteiger charge is 2.14. The average Bonchev–Trinajstić information content (AvgIpc) is 3.00. The first-order valence-corrected chi connectivity index (χ1v) is 8.86. The number of nitrogens with one attached hydrogen (secondary N) is 1. The van der Waals surface area contributed by atoms with Crippen LogP contribution in [-0.2, 0) is 6.54 Å². The molecule has 0 saturated heterocycles. The minimum absolute atomic E-state index is 0.835. The number of hydrogen-bond acceptors (Lipinski definition) is 4. The third-order valence-corrected chi connectivity index (χ3v) is 5.72. The van der Waals surface area contributed by atoms with E-state index in [1.54, 1.807) is 23.1 Å². The van der Waals surface area contributed by atoms with Gasteiger partial charge in [0.2, 0.25) is 0 Å². The number of aromatic nitrogens is 2. The largest absolute Gasteiger partial charge is 0.311 e. The summed E-state index contributed by atoms with van der Waals surface area (Å²) >= 11 is 6.98. The second-order valence-electron chi connectivity index (χ2n) is 4.23. The van der Waals surface area contributed by atoms with Crippen LogP contribution in [0.3, 0.4) is 0 Å². The first-order valence-electron chi connectivity index (χ1n) is 6.37. The number of halogens is 1. The van der Waals surface area contributed by atoms with Crippen LogP contribution in [0.15, 0.2) is 50.2 Å². The summed E-state index contributed by atoms with van der Waals surface area (Å²) in [5.74, 6) is 0. The van der Waals surface area contributed by atoms with Gasteiger partial charge in [-0.1, -0.05) is 30.8 Å². The highest BCUT2D eigenvalue weighted by Crippen LogP contribution is 2.35. The summed E-state index contributed by atoms with van der Waals surface area (Å²) in [6.45, 7) is 3.91. The minimum atomic E-state index is 0.835. The molecule has 3 aromatic rings. The summed E-state index contributed by atoms with van der Waals surface area (Å²) in [6.07, 6.45) is 2.09. The van der Waals surface area contributed by atoms with Gasteiger partial charge in [0.05, 0.1) is 5.69 Å². The van der Waals surface area contributed by atoms with Crippen LogP contribution in [0.2, 0.25) is 0 Å². The summed E-state index contributed by atoms with van der Waals surface area (Å²) in [5, 5.41) is 6.54. The van der Waals surface area contributed by atoms with E-state index < -0.39 is 0 Å². The van der Waals surface area contributed by atoms with Gasteiger partial charge in [-0.2, -0.15) is 0 Å². The van der Waals surface area contributed by atoms with Crippen molar-refractivity contribution < 1.29 is 0 Å². The maximum Gasteiger partial charge on any atom is 0.194 e. The molecule has 0 saturated carbocycles. The van der Waals surface area contributed by atoms with Crippen LogP contribution < -0.4 is 5.32 Å². The summed E-state index contributed by atoms with van der Waals surface area (Å²) in [5.41, 5.74) is 1.23. The fourth-order valence-corrected chi connectivity index (χ4v) is 4.19. The SMILES string of the molecule is CCNCc1c(Sc2ccccc2Br)nc2sccn12. The van der Waals surface area contributed by atoms with Crippen molar-refractivity contribution in [3.63, 3.8) is 0 Å². The first-order chi connectivity index (χ1) is 9.79. The van der Waals surface area contributed by atoms with Crippen LogP contribution in [0.1, 0.15) is 12.6 Å². The zero-order valence-electron chi connectivity index (χ0n) is 11.0. The molecular weight excluding hydrogens is 354 g/mol. The maximum absolute atomic E-state index is 4.75. The monoisotopic (exact) mass is 367 g/mol. The number of fused-ring (bicyclic) bond motifs is 1. The average molecular weight is 368 g/mol. The second kappa shape index (κ2) is 6.30. The van der Waals surface area contributed by atoms with Gasteiger partial charge in [0, 0.05) is 27.5 Å². The Kier molecular flexibility index (Phi) is 4.45. The topological polar surface area (TPSA) is 29.3 Å². The van der Waals surface area contributed by atoms with Crippen molar-refractivity contribution >= 4 is 44.0 Å². The molecule has 0 aliphatic heterocycles. The lowest BCUT2D eigenvalue weighted by atomic mass is 10.4. The molecule has 0 amide bonds. The number of imidazole rings is 1. The van der Waals surface area contributed by atoms with Gasteiger partial charge in [-0.3, -0.25) is 4.40 Å². The Labute approximate surface area is 134 Å². The summed E-state index contributed by atoms with van der Waals surface area (Å²) in [6, 6.07) is 8.25. The van der Waals surface area contributed by atoms with E-state index in [1.807, 2.05) is 6.07 Å². The fourth-order valence-electron chi connectivity index (χ4n) is 1.93. The maximum atomic E-state index is 4.75. The molecule has 0 unspecified atom stereocenters. The molecule has 0 aliphatic rings. The standard InChI is InChI=1S/C14H14BrN3S2/c1-2-16-9-11-13(17-14-18(11)7-8-19-14)20-12-6-4-3-5-10(12)15/h3-8,16H,2,9H2,1H3. The van der Waals surface area contributed by atoms with Crippen LogP contribution >= 0.6 is 39.0 Å². The third kappa shape index (κ3) is 2.79. The quantitative estimate of drug-likeness (QED) is 0.723. The Balaban J connectivity index is 1.97. The van der Waals surface area contributed by atoms with Gasteiger partial charge in [-0.05, 0) is 34.6 Å². The number of nitrogens with zero attached hydrogens (tertiary/aromatic N) is 2. The van der Waals surface area contributed by atoms with Gasteiger partial charge >= 0.3 is 0 Å². The van der Waals surface area contributed by atoms with Crippen LogP contribution in [-0.4, -0.2) is 15.9 Å². The molecule has 0 bridgehead atoms. The first kappa shape index (κ1) is 14.1. The minimum Gasteiger partial charge on any atom is -0.311 e. The lowest BCUT2D eigenvalue weighted by Crippen LogP contribution is -2.13. The molecule has 2 heterocycles.